The third kappa shape index (κ3) is 3.06. The number of carbonyl (C=O) groups is 1. The molecule has 1 amide bonds. The van der Waals surface area contributed by atoms with Gasteiger partial charge in [0.05, 0.1) is 10.9 Å². The molecule has 2 aliphatic rings. The second-order valence-electron chi connectivity index (χ2n) is 7.86. The smallest absolute Gasteiger partial charge is 0.259 e. The number of hydrogen-bond acceptors (Lipinski definition) is 5. The predicted octanol–water partition coefficient (Wildman–Crippen LogP) is 1.75. The normalized spacial score (nSPS) is 25.3. The fraction of sp³-hybridized carbons (Fsp3) is 0.579. The van der Waals surface area contributed by atoms with Gasteiger partial charge in [-0.2, -0.15) is 0 Å². The van der Waals surface area contributed by atoms with E-state index < -0.39 is 0 Å². The van der Waals surface area contributed by atoms with Crippen LogP contribution in [-0.4, -0.2) is 52.9 Å². The number of anilines is 1. The number of hydrogen-bond donors (Lipinski definition) is 1. The van der Waals surface area contributed by atoms with Crippen LogP contribution in [0.3, 0.4) is 0 Å². The van der Waals surface area contributed by atoms with E-state index in [0.29, 0.717) is 29.3 Å². The molecule has 2 aromatic heterocycles. The Morgan fingerprint density at radius 1 is 1.38 bits per heavy atom. The number of rotatable bonds is 3. The van der Waals surface area contributed by atoms with Gasteiger partial charge in [0.15, 0.2) is 0 Å². The van der Waals surface area contributed by atoms with Crippen LogP contribution < -0.4 is 10.5 Å². The van der Waals surface area contributed by atoms with E-state index in [4.69, 9.17) is 0 Å². The molecule has 1 N–H and O–H groups in total. The number of nitrogens with zero attached hydrogens (tertiary/aromatic N) is 4. The second-order valence-corrected chi connectivity index (χ2v) is 7.86. The van der Waals surface area contributed by atoms with Crippen molar-refractivity contribution in [1.29, 1.82) is 0 Å². The topological polar surface area (TPSA) is 82.2 Å². The molecule has 0 radical (unpaired) electrons. The van der Waals surface area contributed by atoms with Crippen molar-refractivity contribution in [1.82, 2.24) is 19.9 Å². The minimum Gasteiger partial charge on any atom is -0.347 e. The van der Waals surface area contributed by atoms with Crippen molar-refractivity contribution in [3.8, 4) is 0 Å². The molecule has 2 fully saturated rings. The van der Waals surface area contributed by atoms with Crippen molar-refractivity contribution in [2.45, 2.75) is 32.1 Å². The van der Waals surface area contributed by atoms with Gasteiger partial charge in [-0.25, -0.2) is 9.97 Å². The lowest BCUT2D eigenvalue weighted by atomic mass is 9.93. The SMILES string of the molecule is C[C@H]1C[C@H]1C(=O)N1CCC[C@H](c2cc3nc(N(C)C)ncc3c(=O)[nH]2)C1. The molecule has 3 heterocycles. The van der Waals surface area contributed by atoms with Crippen LogP contribution in [0.1, 0.15) is 37.8 Å². The van der Waals surface area contributed by atoms with Crippen LogP contribution in [0.25, 0.3) is 10.9 Å². The van der Waals surface area contributed by atoms with E-state index in [1.807, 2.05) is 30.0 Å². The van der Waals surface area contributed by atoms with Gasteiger partial charge in [-0.15, -0.1) is 0 Å². The fourth-order valence-corrected chi connectivity index (χ4v) is 3.82. The maximum absolute atomic E-state index is 12.6. The zero-order valence-electron chi connectivity index (χ0n) is 15.5. The molecular weight excluding hydrogens is 330 g/mol. The van der Waals surface area contributed by atoms with Crippen molar-refractivity contribution in [2.75, 3.05) is 32.1 Å². The Hall–Kier alpha value is -2.44. The Morgan fingerprint density at radius 2 is 2.15 bits per heavy atom. The molecule has 0 aromatic carbocycles. The highest BCUT2D eigenvalue weighted by Gasteiger charge is 2.42. The number of carbonyl (C=O) groups excluding carboxylic acids is 1. The van der Waals surface area contributed by atoms with Crippen LogP contribution in [0, 0.1) is 11.8 Å². The third-order valence-electron chi connectivity index (χ3n) is 5.60. The molecule has 1 saturated carbocycles. The molecule has 2 aromatic rings. The predicted molar refractivity (Wildman–Crippen MR) is 100 cm³/mol. The summed E-state index contributed by atoms with van der Waals surface area (Å²) in [6.07, 6.45) is 4.52. The quantitative estimate of drug-likeness (QED) is 0.907. The average molecular weight is 355 g/mol. The summed E-state index contributed by atoms with van der Waals surface area (Å²) in [4.78, 5) is 40.6. The summed E-state index contributed by atoms with van der Waals surface area (Å²) in [5, 5.41) is 0.495. The maximum Gasteiger partial charge on any atom is 0.259 e. The van der Waals surface area contributed by atoms with Gasteiger partial charge in [-0.3, -0.25) is 9.59 Å². The van der Waals surface area contributed by atoms with Gasteiger partial charge >= 0.3 is 0 Å². The van der Waals surface area contributed by atoms with Crippen molar-refractivity contribution < 1.29 is 4.79 Å². The first kappa shape index (κ1) is 17.0. The van der Waals surface area contributed by atoms with Crippen molar-refractivity contribution in [2.24, 2.45) is 11.8 Å². The van der Waals surface area contributed by atoms with Crippen LogP contribution >= 0.6 is 0 Å². The zero-order chi connectivity index (χ0) is 18.4. The van der Waals surface area contributed by atoms with Crippen LogP contribution in [0.4, 0.5) is 5.95 Å². The third-order valence-corrected chi connectivity index (χ3v) is 5.60. The van der Waals surface area contributed by atoms with Gasteiger partial charge in [0.1, 0.15) is 0 Å². The molecular formula is C19H25N5O2. The largest absolute Gasteiger partial charge is 0.347 e. The molecule has 0 spiro atoms. The van der Waals surface area contributed by atoms with Gasteiger partial charge in [-0.05, 0) is 31.2 Å². The van der Waals surface area contributed by atoms with E-state index >= 15 is 0 Å². The van der Waals surface area contributed by atoms with Crippen molar-refractivity contribution >= 4 is 22.8 Å². The monoisotopic (exact) mass is 355 g/mol. The highest BCUT2D eigenvalue weighted by molar-refractivity contribution is 5.82. The number of fused-ring (bicyclic) bond motifs is 1. The standard InChI is InChI=1S/C19H25N5O2/c1-11-7-13(11)18(26)24-6-4-5-12(10-24)15-8-16-14(17(25)21-15)9-20-19(22-16)23(2)3/h8-9,11-13H,4-7,10H2,1-3H3,(H,21,25)/t11-,12-,13+/m0/s1. The first-order chi connectivity index (χ1) is 12.4. The van der Waals surface area contributed by atoms with Crippen molar-refractivity contribution in [3.63, 3.8) is 0 Å². The summed E-state index contributed by atoms with van der Waals surface area (Å²) in [7, 11) is 3.75. The van der Waals surface area contributed by atoms with Crippen LogP contribution in [-0.2, 0) is 4.79 Å². The van der Waals surface area contributed by atoms with Gasteiger partial charge < -0.3 is 14.8 Å². The molecule has 0 bridgehead atoms. The van der Waals surface area contributed by atoms with Crippen LogP contribution in [0.5, 0.6) is 0 Å². The van der Waals surface area contributed by atoms with E-state index in [-0.39, 0.29) is 23.3 Å². The minimum absolute atomic E-state index is 0.150. The van der Waals surface area contributed by atoms with Crippen molar-refractivity contribution in [3.05, 3.63) is 28.3 Å². The molecule has 1 saturated heterocycles. The molecule has 0 unspecified atom stereocenters. The number of nitrogens with one attached hydrogen (secondary N) is 1. The van der Waals surface area contributed by atoms with Crippen LogP contribution in [0.15, 0.2) is 17.1 Å². The molecule has 7 heteroatoms. The lowest BCUT2D eigenvalue weighted by molar-refractivity contribution is -0.134. The second kappa shape index (κ2) is 6.37. The Balaban J connectivity index is 1.62. The Labute approximate surface area is 152 Å². The summed E-state index contributed by atoms with van der Waals surface area (Å²) >= 11 is 0. The highest BCUT2D eigenvalue weighted by atomic mass is 16.2. The highest BCUT2D eigenvalue weighted by Crippen LogP contribution is 2.40. The summed E-state index contributed by atoms with van der Waals surface area (Å²) in [5.74, 6) is 1.74. The summed E-state index contributed by atoms with van der Waals surface area (Å²) in [5.41, 5.74) is 1.36. The Morgan fingerprint density at radius 3 is 2.85 bits per heavy atom. The summed E-state index contributed by atoms with van der Waals surface area (Å²) < 4.78 is 0. The van der Waals surface area contributed by atoms with E-state index in [1.54, 1.807) is 6.20 Å². The summed E-state index contributed by atoms with van der Waals surface area (Å²) in [6, 6.07) is 1.95. The first-order valence-corrected chi connectivity index (χ1v) is 9.30. The molecule has 26 heavy (non-hydrogen) atoms. The van der Waals surface area contributed by atoms with E-state index in [0.717, 1.165) is 31.5 Å². The zero-order valence-corrected chi connectivity index (χ0v) is 15.5. The number of piperidine rings is 1. The number of aromatic nitrogens is 3. The van der Waals surface area contributed by atoms with E-state index in [1.165, 1.54) is 0 Å². The number of amides is 1. The molecule has 3 atom stereocenters. The molecule has 4 rings (SSSR count). The number of H-pyrrole nitrogens is 1. The number of aromatic amines is 1. The van der Waals surface area contributed by atoms with Gasteiger partial charge in [-0.1, -0.05) is 6.92 Å². The lowest BCUT2D eigenvalue weighted by Gasteiger charge is -2.33. The molecule has 1 aliphatic heterocycles. The van der Waals surface area contributed by atoms with Gasteiger partial charge in [0.2, 0.25) is 11.9 Å². The van der Waals surface area contributed by atoms with Crippen LogP contribution in [0.2, 0.25) is 0 Å². The maximum atomic E-state index is 12.6. The molecule has 1 aliphatic carbocycles. The molecule has 7 nitrogen and oxygen atoms in total. The Bertz CT molecular complexity index is 906. The summed E-state index contributed by atoms with van der Waals surface area (Å²) in [6.45, 7) is 3.63. The first-order valence-electron chi connectivity index (χ1n) is 9.30. The Kier molecular flexibility index (Phi) is 4.17. The van der Waals surface area contributed by atoms with Gasteiger partial charge in [0, 0.05) is 50.9 Å². The van der Waals surface area contributed by atoms with E-state index in [2.05, 4.69) is 21.9 Å². The minimum atomic E-state index is -0.165. The number of likely N-dealkylation sites (tertiary alicyclic amines) is 1. The lowest BCUT2D eigenvalue weighted by Crippen LogP contribution is -2.40. The molecule has 138 valence electrons. The number of pyridine rings is 1. The van der Waals surface area contributed by atoms with E-state index in [9.17, 15) is 9.59 Å². The van der Waals surface area contributed by atoms with Gasteiger partial charge in [0.25, 0.3) is 5.56 Å². The fourth-order valence-electron chi connectivity index (χ4n) is 3.82. The average Bonchev–Trinajstić information content (AvgIpc) is 3.37.